The lowest BCUT2D eigenvalue weighted by Crippen LogP contribution is -2.42. The zero-order chi connectivity index (χ0) is 8.27. The second-order valence-corrected chi connectivity index (χ2v) is 3.29. The standard InChI is InChI=1S/C8H16N2O.ClH/c1-7-3-2-4-10(6-7)8(11)5-9;/h7H,2-6,9H2,1H3;1H. The summed E-state index contributed by atoms with van der Waals surface area (Å²) in [6, 6.07) is 0. The van der Waals surface area contributed by atoms with Gasteiger partial charge in [-0.05, 0) is 18.8 Å². The van der Waals surface area contributed by atoms with Crippen LogP contribution in [-0.2, 0) is 4.79 Å². The van der Waals surface area contributed by atoms with Crippen molar-refractivity contribution in [2.24, 2.45) is 11.7 Å². The molecule has 0 spiro atoms. The highest BCUT2D eigenvalue weighted by atomic mass is 35.5. The summed E-state index contributed by atoms with van der Waals surface area (Å²) in [6.45, 7) is 4.14. The Labute approximate surface area is 79.7 Å². The van der Waals surface area contributed by atoms with Crippen LogP contribution in [0.2, 0.25) is 0 Å². The second-order valence-electron chi connectivity index (χ2n) is 3.29. The fourth-order valence-electron chi connectivity index (χ4n) is 1.55. The average Bonchev–Trinajstić information content (AvgIpc) is 2.03. The number of carbonyl (C=O) groups is 1. The molecule has 12 heavy (non-hydrogen) atoms. The summed E-state index contributed by atoms with van der Waals surface area (Å²) in [5.41, 5.74) is 5.26. The Balaban J connectivity index is 0.00000121. The Morgan fingerprint density at radius 3 is 2.83 bits per heavy atom. The molecule has 1 fully saturated rings. The van der Waals surface area contributed by atoms with Crippen LogP contribution in [-0.4, -0.2) is 30.4 Å². The fourth-order valence-corrected chi connectivity index (χ4v) is 1.55. The maximum absolute atomic E-state index is 11.1. The van der Waals surface area contributed by atoms with Gasteiger partial charge in [-0.15, -0.1) is 12.4 Å². The summed E-state index contributed by atoms with van der Waals surface area (Å²) < 4.78 is 0. The lowest BCUT2D eigenvalue weighted by molar-refractivity contribution is -0.131. The SMILES string of the molecule is CC1CCCN(C(=O)CN)C1.Cl. The van der Waals surface area contributed by atoms with Crippen LogP contribution in [0.4, 0.5) is 0 Å². The first-order chi connectivity index (χ1) is 5.24. The van der Waals surface area contributed by atoms with E-state index in [0.717, 1.165) is 19.5 Å². The van der Waals surface area contributed by atoms with E-state index in [1.807, 2.05) is 4.90 Å². The lowest BCUT2D eigenvalue weighted by Gasteiger charge is -2.30. The molecule has 1 atom stereocenters. The molecule has 1 amide bonds. The molecule has 0 radical (unpaired) electrons. The van der Waals surface area contributed by atoms with E-state index >= 15 is 0 Å². The summed E-state index contributed by atoms with van der Waals surface area (Å²) in [7, 11) is 0. The van der Waals surface area contributed by atoms with Gasteiger partial charge in [0.2, 0.25) is 5.91 Å². The number of halogens is 1. The summed E-state index contributed by atoms with van der Waals surface area (Å²) in [6.07, 6.45) is 2.38. The number of hydrogen-bond acceptors (Lipinski definition) is 2. The molecule has 0 aromatic carbocycles. The van der Waals surface area contributed by atoms with E-state index in [0.29, 0.717) is 5.92 Å². The maximum Gasteiger partial charge on any atom is 0.236 e. The normalized spacial score (nSPS) is 23.2. The third-order valence-corrected chi connectivity index (χ3v) is 2.18. The number of nitrogens with zero attached hydrogens (tertiary/aromatic N) is 1. The molecule has 1 rings (SSSR count). The number of rotatable bonds is 1. The molecular weight excluding hydrogens is 176 g/mol. The zero-order valence-electron chi connectivity index (χ0n) is 7.45. The van der Waals surface area contributed by atoms with E-state index in [9.17, 15) is 4.79 Å². The van der Waals surface area contributed by atoms with Gasteiger partial charge in [0, 0.05) is 13.1 Å². The van der Waals surface area contributed by atoms with Crippen molar-refractivity contribution in [1.29, 1.82) is 0 Å². The smallest absolute Gasteiger partial charge is 0.236 e. The number of piperidine rings is 1. The molecule has 0 aliphatic carbocycles. The van der Waals surface area contributed by atoms with E-state index in [1.54, 1.807) is 0 Å². The van der Waals surface area contributed by atoms with Crippen molar-refractivity contribution < 1.29 is 4.79 Å². The summed E-state index contributed by atoms with van der Waals surface area (Å²) in [5, 5.41) is 0. The largest absolute Gasteiger partial charge is 0.341 e. The van der Waals surface area contributed by atoms with Crippen molar-refractivity contribution in [2.45, 2.75) is 19.8 Å². The number of carbonyl (C=O) groups excluding carboxylic acids is 1. The van der Waals surface area contributed by atoms with Gasteiger partial charge < -0.3 is 10.6 Å². The first-order valence-electron chi connectivity index (χ1n) is 4.22. The molecule has 3 nitrogen and oxygen atoms in total. The van der Waals surface area contributed by atoms with Crippen molar-refractivity contribution in [3.05, 3.63) is 0 Å². The molecular formula is C8H17ClN2O. The minimum atomic E-state index is 0. The van der Waals surface area contributed by atoms with Gasteiger partial charge in [-0.25, -0.2) is 0 Å². The van der Waals surface area contributed by atoms with Gasteiger partial charge in [-0.3, -0.25) is 4.79 Å². The van der Waals surface area contributed by atoms with Gasteiger partial charge in [-0.1, -0.05) is 6.92 Å². The van der Waals surface area contributed by atoms with Crippen molar-refractivity contribution in [3.8, 4) is 0 Å². The predicted molar refractivity (Wildman–Crippen MR) is 51.3 cm³/mol. The van der Waals surface area contributed by atoms with Gasteiger partial charge in [0.15, 0.2) is 0 Å². The van der Waals surface area contributed by atoms with E-state index < -0.39 is 0 Å². The van der Waals surface area contributed by atoms with Crippen molar-refractivity contribution in [1.82, 2.24) is 4.90 Å². The van der Waals surface area contributed by atoms with Crippen LogP contribution in [0.1, 0.15) is 19.8 Å². The number of likely N-dealkylation sites (tertiary alicyclic amines) is 1. The number of amides is 1. The molecule has 0 aromatic heterocycles. The zero-order valence-corrected chi connectivity index (χ0v) is 8.27. The molecule has 72 valence electrons. The molecule has 0 aromatic rings. The molecule has 0 bridgehead atoms. The molecule has 1 heterocycles. The maximum atomic E-state index is 11.1. The van der Waals surface area contributed by atoms with Gasteiger partial charge in [0.1, 0.15) is 0 Å². The fraction of sp³-hybridized carbons (Fsp3) is 0.875. The minimum absolute atomic E-state index is 0. The predicted octanol–water partition coefficient (Wildman–Crippen LogP) is 0.625. The number of nitrogens with two attached hydrogens (primary N) is 1. The Morgan fingerprint density at radius 2 is 2.33 bits per heavy atom. The lowest BCUT2D eigenvalue weighted by atomic mass is 10.0. The van der Waals surface area contributed by atoms with Crippen molar-refractivity contribution >= 4 is 18.3 Å². The van der Waals surface area contributed by atoms with Gasteiger partial charge in [0.25, 0.3) is 0 Å². The van der Waals surface area contributed by atoms with Gasteiger partial charge >= 0.3 is 0 Å². The Kier molecular flexibility index (Phi) is 5.25. The molecule has 4 heteroatoms. The summed E-state index contributed by atoms with van der Waals surface area (Å²) in [4.78, 5) is 13.0. The molecule has 1 saturated heterocycles. The van der Waals surface area contributed by atoms with Crippen LogP contribution < -0.4 is 5.73 Å². The quantitative estimate of drug-likeness (QED) is 0.663. The van der Waals surface area contributed by atoms with Crippen molar-refractivity contribution in [2.75, 3.05) is 19.6 Å². The monoisotopic (exact) mass is 192 g/mol. The highest BCUT2D eigenvalue weighted by molar-refractivity contribution is 5.85. The molecule has 2 N–H and O–H groups in total. The Morgan fingerprint density at radius 1 is 1.67 bits per heavy atom. The van der Waals surface area contributed by atoms with E-state index in [4.69, 9.17) is 5.73 Å². The van der Waals surface area contributed by atoms with Crippen LogP contribution in [0.5, 0.6) is 0 Å². The van der Waals surface area contributed by atoms with E-state index in [-0.39, 0.29) is 24.9 Å². The van der Waals surface area contributed by atoms with E-state index in [2.05, 4.69) is 6.92 Å². The molecule has 1 unspecified atom stereocenters. The summed E-state index contributed by atoms with van der Waals surface area (Å²) >= 11 is 0. The average molecular weight is 193 g/mol. The van der Waals surface area contributed by atoms with Gasteiger partial charge in [-0.2, -0.15) is 0 Å². The first kappa shape index (κ1) is 11.7. The van der Waals surface area contributed by atoms with Crippen LogP contribution >= 0.6 is 12.4 Å². The molecule has 1 aliphatic heterocycles. The second kappa shape index (κ2) is 5.38. The molecule has 1 aliphatic rings. The minimum Gasteiger partial charge on any atom is -0.341 e. The van der Waals surface area contributed by atoms with E-state index in [1.165, 1.54) is 6.42 Å². The first-order valence-corrected chi connectivity index (χ1v) is 4.22. The highest BCUT2D eigenvalue weighted by Crippen LogP contribution is 2.14. The van der Waals surface area contributed by atoms with Crippen LogP contribution in [0, 0.1) is 5.92 Å². The Bertz CT molecular complexity index is 152. The van der Waals surface area contributed by atoms with Crippen LogP contribution in [0.3, 0.4) is 0 Å². The third-order valence-electron chi connectivity index (χ3n) is 2.18. The number of hydrogen-bond donors (Lipinski definition) is 1. The topological polar surface area (TPSA) is 46.3 Å². The van der Waals surface area contributed by atoms with Crippen molar-refractivity contribution in [3.63, 3.8) is 0 Å². The highest BCUT2D eigenvalue weighted by Gasteiger charge is 2.19. The van der Waals surface area contributed by atoms with Crippen LogP contribution in [0.25, 0.3) is 0 Å². The Hall–Kier alpha value is -0.280. The summed E-state index contributed by atoms with van der Waals surface area (Å²) in [5.74, 6) is 0.746. The van der Waals surface area contributed by atoms with Crippen LogP contribution in [0.15, 0.2) is 0 Å². The molecule has 0 saturated carbocycles. The third kappa shape index (κ3) is 2.99. The van der Waals surface area contributed by atoms with Gasteiger partial charge in [0.05, 0.1) is 6.54 Å².